The molecule has 1 amide bonds. The lowest BCUT2D eigenvalue weighted by molar-refractivity contribution is -0.141. The van der Waals surface area contributed by atoms with Gasteiger partial charge in [0.05, 0.1) is 11.5 Å². The minimum atomic E-state index is -0.884. The number of hydrogen-bond donors (Lipinski definition) is 2. The molecule has 0 bridgehead atoms. The van der Waals surface area contributed by atoms with Crippen molar-refractivity contribution in [2.75, 3.05) is 39.4 Å². The van der Waals surface area contributed by atoms with Gasteiger partial charge < -0.3 is 20.5 Å². The van der Waals surface area contributed by atoms with Crippen LogP contribution in [-0.2, 0) is 15.1 Å². The van der Waals surface area contributed by atoms with Crippen molar-refractivity contribution in [3.8, 4) is 0 Å². The van der Waals surface area contributed by atoms with Crippen LogP contribution in [0.2, 0.25) is 0 Å². The Balaban J connectivity index is 0.00000171. The first-order chi connectivity index (χ1) is 14.0. The topological polar surface area (TPSA) is 91.9 Å². The Labute approximate surface area is 197 Å². The molecule has 0 radical (unpaired) electrons. The molecule has 1 aromatic heterocycles. The monoisotopic (exact) mass is 474 g/mol. The third kappa shape index (κ3) is 6.30. The fraction of sp³-hybridized carbons (Fsp3) is 0.727. The minimum Gasteiger partial charge on any atom is -0.385 e. The smallest absolute Gasteiger partial charge is 0.226 e. The summed E-state index contributed by atoms with van der Waals surface area (Å²) in [5, 5.41) is 11.0. The van der Waals surface area contributed by atoms with Crippen LogP contribution in [0.15, 0.2) is 24.5 Å². The van der Waals surface area contributed by atoms with E-state index in [0.717, 1.165) is 57.6 Å². The molecule has 0 aromatic carbocycles. The van der Waals surface area contributed by atoms with Crippen LogP contribution in [0.5, 0.6) is 0 Å². The Morgan fingerprint density at radius 1 is 1.13 bits per heavy atom. The van der Waals surface area contributed by atoms with Crippen LogP contribution < -0.4 is 5.73 Å². The van der Waals surface area contributed by atoms with Gasteiger partial charge in [-0.2, -0.15) is 0 Å². The van der Waals surface area contributed by atoms with Gasteiger partial charge in [0.2, 0.25) is 5.91 Å². The van der Waals surface area contributed by atoms with Crippen LogP contribution >= 0.6 is 24.8 Å². The zero-order chi connectivity index (χ0) is 20.3. The van der Waals surface area contributed by atoms with Gasteiger partial charge in [0, 0.05) is 69.4 Å². The molecule has 176 valence electrons. The molecule has 0 saturated carbocycles. The van der Waals surface area contributed by atoms with Gasteiger partial charge in [0.1, 0.15) is 0 Å². The van der Waals surface area contributed by atoms with Gasteiger partial charge in [-0.25, -0.2) is 0 Å². The number of pyridine rings is 1. The number of piperidine rings is 1. The summed E-state index contributed by atoms with van der Waals surface area (Å²) in [5.41, 5.74) is 6.30. The van der Waals surface area contributed by atoms with E-state index in [1.54, 1.807) is 12.4 Å². The van der Waals surface area contributed by atoms with E-state index in [2.05, 4.69) is 9.88 Å². The lowest BCUT2D eigenvalue weighted by Gasteiger charge is -2.40. The first kappa shape index (κ1) is 26.3. The van der Waals surface area contributed by atoms with E-state index in [9.17, 15) is 9.90 Å². The summed E-state index contributed by atoms with van der Waals surface area (Å²) < 4.78 is 5.51. The van der Waals surface area contributed by atoms with Crippen LogP contribution in [0.3, 0.4) is 0 Å². The van der Waals surface area contributed by atoms with Gasteiger partial charge in [-0.3, -0.25) is 14.7 Å². The molecule has 0 unspecified atom stereocenters. The predicted octanol–water partition coefficient (Wildman–Crippen LogP) is 1.95. The SMILES string of the molecule is Cl.Cl.N[C@H]1CC[C@@H](C(=O)N2CCC(O)(c3cccnc3)CC2)CN(C2CCOCC2)C1. The number of carbonyl (C=O) groups excluding carboxylic acids is 1. The molecule has 4 rings (SSSR count). The van der Waals surface area contributed by atoms with Crippen molar-refractivity contribution in [2.45, 2.75) is 56.2 Å². The number of aliphatic hydroxyl groups is 1. The number of aromatic nitrogens is 1. The van der Waals surface area contributed by atoms with E-state index in [0.29, 0.717) is 32.0 Å². The lowest BCUT2D eigenvalue weighted by atomic mass is 9.85. The van der Waals surface area contributed by atoms with Crippen LogP contribution in [-0.4, -0.2) is 77.3 Å². The molecule has 7 nitrogen and oxygen atoms in total. The summed E-state index contributed by atoms with van der Waals surface area (Å²) in [7, 11) is 0. The van der Waals surface area contributed by atoms with Gasteiger partial charge in [-0.05, 0) is 44.6 Å². The van der Waals surface area contributed by atoms with E-state index < -0.39 is 5.60 Å². The quantitative estimate of drug-likeness (QED) is 0.695. The maximum Gasteiger partial charge on any atom is 0.226 e. The molecule has 3 saturated heterocycles. The first-order valence-electron chi connectivity index (χ1n) is 11.0. The van der Waals surface area contributed by atoms with E-state index in [4.69, 9.17) is 10.5 Å². The minimum absolute atomic E-state index is 0. The number of rotatable bonds is 3. The normalized spacial score (nSPS) is 27.5. The Kier molecular flexibility index (Phi) is 9.98. The zero-order valence-corrected chi connectivity index (χ0v) is 19.7. The van der Waals surface area contributed by atoms with Crippen molar-refractivity contribution in [1.82, 2.24) is 14.8 Å². The van der Waals surface area contributed by atoms with Crippen LogP contribution in [0, 0.1) is 5.92 Å². The largest absolute Gasteiger partial charge is 0.385 e. The van der Waals surface area contributed by atoms with Crippen molar-refractivity contribution < 1.29 is 14.6 Å². The fourth-order valence-corrected chi connectivity index (χ4v) is 5.09. The van der Waals surface area contributed by atoms with Crippen molar-refractivity contribution >= 4 is 30.7 Å². The standard InChI is InChI=1S/C22H34N4O3.2ClH/c23-19-4-3-17(15-26(16-19)20-5-12-29-13-6-20)21(27)25-10-7-22(28,8-11-25)18-2-1-9-24-14-18;;/h1-2,9,14,17,19-20,28H,3-8,10-13,15-16,23H2;2*1H/t17-,19+;;/m1../s1. The highest BCUT2D eigenvalue weighted by atomic mass is 35.5. The highest BCUT2D eigenvalue weighted by Crippen LogP contribution is 2.33. The number of nitrogens with zero attached hydrogens (tertiary/aromatic N) is 3. The van der Waals surface area contributed by atoms with Crippen LogP contribution in [0.25, 0.3) is 0 Å². The molecule has 1 aromatic rings. The molecule has 3 aliphatic heterocycles. The molecule has 3 fully saturated rings. The molecule has 0 spiro atoms. The molecule has 3 N–H and O–H groups in total. The van der Waals surface area contributed by atoms with Crippen molar-refractivity contribution in [2.24, 2.45) is 11.7 Å². The number of likely N-dealkylation sites (tertiary alicyclic amines) is 2. The zero-order valence-electron chi connectivity index (χ0n) is 18.0. The third-order valence-corrected chi connectivity index (χ3v) is 6.97. The predicted molar refractivity (Wildman–Crippen MR) is 125 cm³/mol. The summed E-state index contributed by atoms with van der Waals surface area (Å²) >= 11 is 0. The van der Waals surface area contributed by atoms with E-state index in [1.165, 1.54) is 0 Å². The van der Waals surface area contributed by atoms with Gasteiger partial charge in [-0.1, -0.05) is 6.07 Å². The van der Waals surface area contributed by atoms with E-state index >= 15 is 0 Å². The van der Waals surface area contributed by atoms with Gasteiger partial charge >= 0.3 is 0 Å². The molecule has 4 heterocycles. The number of amides is 1. The van der Waals surface area contributed by atoms with E-state index in [1.807, 2.05) is 17.0 Å². The van der Waals surface area contributed by atoms with E-state index in [-0.39, 0.29) is 42.7 Å². The van der Waals surface area contributed by atoms with Crippen molar-refractivity contribution in [3.05, 3.63) is 30.1 Å². The second kappa shape index (κ2) is 11.8. The number of ether oxygens (including phenoxy) is 1. The Morgan fingerprint density at radius 3 is 2.48 bits per heavy atom. The molecule has 3 aliphatic rings. The summed E-state index contributed by atoms with van der Waals surface area (Å²) in [6.45, 7) is 4.44. The van der Waals surface area contributed by atoms with Gasteiger partial charge in [0.25, 0.3) is 0 Å². The van der Waals surface area contributed by atoms with Crippen LogP contribution in [0.1, 0.15) is 44.1 Å². The summed E-state index contributed by atoms with van der Waals surface area (Å²) in [6, 6.07) is 4.38. The molecule has 2 atom stereocenters. The number of carbonyl (C=O) groups is 1. The maximum absolute atomic E-state index is 13.3. The maximum atomic E-state index is 13.3. The Bertz CT molecular complexity index is 683. The summed E-state index contributed by atoms with van der Waals surface area (Å²) in [6.07, 6.45) is 8.35. The summed E-state index contributed by atoms with van der Waals surface area (Å²) in [5.74, 6) is 0.223. The van der Waals surface area contributed by atoms with Crippen molar-refractivity contribution in [3.63, 3.8) is 0 Å². The third-order valence-electron chi connectivity index (χ3n) is 6.97. The molecule has 31 heavy (non-hydrogen) atoms. The summed E-state index contributed by atoms with van der Waals surface area (Å²) in [4.78, 5) is 21.9. The van der Waals surface area contributed by atoms with Crippen molar-refractivity contribution in [1.29, 1.82) is 0 Å². The van der Waals surface area contributed by atoms with Crippen LogP contribution in [0.4, 0.5) is 0 Å². The average Bonchev–Trinajstić information content (AvgIpc) is 2.97. The number of halogens is 2. The lowest BCUT2D eigenvalue weighted by Crippen LogP contribution is -2.50. The Morgan fingerprint density at radius 2 is 1.84 bits per heavy atom. The molecule has 9 heteroatoms. The first-order valence-corrected chi connectivity index (χ1v) is 11.0. The Hall–Kier alpha value is -0.960. The molecular formula is C22H36Cl2N4O3. The average molecular weight is 475 g/mol. The second-order valence-corrected chi connectivity index (χ2v) is 8.93. The van der Waals surface area contributed by atoms with Gasteiger partial charge in [0.15, 0.2) is 0 Å². The number of hydrogen-bond acceptors (Lipinski definition) is 6. The molecular weight excluding hydrogens is 439 g/mol. The fourth-order valence-electron chi connectivity index (χ4n) is 5.09. The van der Waals surface area contributed by atoms with Gasteiger partial charge in [-0.15, -0.1) is 24.8 Å². The number of nitrogens with two attached hydrogens (primary N) is 1. The highest BCUT2D eigenvalue weighted by Gasteiger charge is 2.39. The second-order valence-electron chi connectivity index (χ2n) is 8.93. The molecule has 0 aliphatic carbocycles. The highest BCUT2D eigenvalue weighted by molar-refractivity contribution is 5.85.